The minimum Gasteiger partial charge on any atom is -0.308 e. The van der Waals surface area contributed by atoms with E-state index in [4.69, 9.17) is 0 Å². The van der Waals surface area contributed by atoms with Crippen LogP contribution in [0.5, 0.6) is 0 Å². The van der Waals surface area contributed by atoms with Gasteiger partial charge >= 0.3 is 0 Å². The van der Waals surface area contributed by atoms with Gasteiger partial charge in [0, 0.05) is 53.4 Å². The predicted molar refractivity (Wildman–Crippen MR) is 313 cm³/mol. The molecule has 0 aliphatic rings. The van der Waals surface area contributed by atoms with Crippen molar-refractivity contribution in [2.75, 3.05) is 9.80 Å². The summed E-state index contributed by atoms with van der Waals surface area (Å²) in [5.41, 5.74) is 13.6. The van der Waals surface area contributed by atoms with Crippen molar-refractivity contribution in [2.24, 2.45) is 0 Å². The van der Waals surface area contributed by atoms with E-state index >= 15 is 0 Å². The first kappa shape index (κ1) is 42.1. The SMILES string of the molecule is c1ccc(-c2cccc(N(c3ccccc3-c3ccccc3N(c3ccc(-c4ccc5ccccc5c4)cc3)c3cccc4c3sc3ccc5ccccc5c34)c3cccc4c3sc3ccccc34)c2)cc1. The average molecular weight is 953 g/mol. The van der Waals surface area contributed by atoms with Gasteiger partial charge in [-0.3, -0.25) is 0 Å². The minimum absolute atomic E-state index is 1.08. The van der Waals surface area contributed by atoms with Crippen LogP contribution in [0.1, 0.15) is 0 Å². The van der Waals surface area contributed by atoms with Crippen molar-refractivity contribution in [2.45, 2.75) is 0 Å². The number of para-hydroxylation sites is 2. The van der Waals surface area contributed by atoms with E-state index in [2.05, 4.69) is 277 Å². The number of anilines is 6. The summed E-state index contributed by atoms with van der Waals surface area (Å²) in [6, 6.07) is 98.1. The van der Waals surface area contributed by atoms with Crippen LogP contribution in [-0.4, -0.2) is 0 Å². The Balaban J connectivity index is 0.998. The Bertz CT molecular complexity index is 4360. The summed E-state index contributed by atoms with van der Waals surface area (Å²) in [5.74, 6) is 0. The molecule has 0 aliphatic heterocycles. The molecule has 0 bridgehead atoms. The molecule has 14 aromatic rings. The third-order valence-corrected chi connectivity index (χ3v) is 16.6. The second-order valence-corrected chi connectivity index (χ2v) is 20.5. The highest BCUT2D eigenvalue weighted by Gasteiger charge is 2.26. The number of rotatable bonds is 9. The van der Waals surface area contributed by atoms with E-state index in [9.17, 15) is 0 Å². The van der Waals surface area contributed by atoms with E-state index in [-0.39, 0.29) is 0 Å². The van der Waals surface area contributed by atoms with Crippen LogP contribution in [0.15, 0.2) is 267 Å². The molecule has 0 N–H and O–H groups in total. The Morgan fingerprint density at radius 3 is 1.53 bits per heavy atom. The number of hydrogen-bond acceptors (Lipinski definition) is 4. The first-order chi connectivity index (χ1) is 35.7. The van der Waals surface area contributed by atoms with Crippen LogP contribution in [0, 0.1) is 0 Å². The molecule has 0 radical (unpaired) electrons. The van der Waals surface area contributed by atoms with E-state index in [0.717, 1.165) is 45.3 Å². The van der Waals surface area contributed by atoms with Crippen molar-refractivity contribution in [3.8, 4) is 33.4 Å². The molecular formula is C68H44N2S2. The fourth-order valence-electron chi connectivity index (χ4n) is 10.9. The van der Waals surface area contributed by atoms with Gasteiger partial charge in [0.15, 0.2) is 0 Å². The third-order valence-electron chi connectivity index (χ3n) is 14.2. The number of fused-ring (bicyclic) bond motifs is 9. The van der Waals surface area contributed by atoms with Gasteiger partial charge in [-0.15, -0.1) is 22.7 Å². The van der Waals surface area contributed by atoms with Crippen molar-refractivity contribution in [3.63, 3.8) is 0 Å². The number of nitrogens with zero attached hydrogens (tertiary/aromatic N) is 2. The molecule has 2 aromatic heterocycles. The van der Waals surface area contributed by atoms with Crippen LogP contribution in [0.2, 0.25) is 0 Å². The molecule has 0 saturated heterocycles. The van der Waals surface area contributed by atoms with E-state index in [1.807, 2.05) is 22.7 Å². The van der Waals surface area contributed by atoms with Crippen molar-refractivity contribution >= 4 is 119 Å². The lowest BCUT2D eigenvalue weighted by Gasteiger charge is -2.31. The van der Waals surface area contributed by atoms with Gasteiger partial charge in [0.05, 0.1) is 32.1 Å². The molecule has 0 spiro atoms. The standard InChI is InChI=1S/C68H44N2S2/c1-2-17-45(18-3-1)50-22-14-23-53(44-50)70(62-32-15-28-58-57-27-10-13-34-64(57)71-67(58)62)61-31-12-9-26-56(61)55-25-8-11-30-60(55)69(52-40-37-47(38-41-52)51-36-35-46-19-4-5-21-49(46)43-51)63-33-16-29-59-66-54-24-7-6-20-48(54)39-42-65(66)72-68(59)63/h1-44H. The fourth-order valence-corrected chi connectivity index (χ4v) is 13.3. The molecule has 2 nitrogen and oxygen atoms in total. The maximum absolute atomic E-state index is 2.50. The maximum atomic E-state index is 2.50. The second kappa shape index (κ2) is 17.6. The lowest BCUT2D eigenvalue weighted by molar-refractivity contribution is 1.28. The Hall–Kier alpha value is -8.80. The van der Waals surface area contributed by atoms with Crippen LogP contribution in [0.4, 0.5) is 34.1 Å². The highest BCUT2D eigenvalue weighted by Crippen LogP contribution is 2.52. The summed E-state index contributed by atoms with van der Waals surface area (Å²) in [5, 5.41) is 10.1. The Kier molecular flexibility index (Phi) is 10.3. The van der Waals surface area contributed by atoms with Gasteiger partial charge < -0.3 is 9.80 Å². The molecule has 12 aromatic carbocycles. The summed E-state index contributed by atoms with van der Waals surface area (Å²) >= 11 is 3.74. The van der Waals surface area contributed by atoms with Gasteiger partial charge in [0.2, 0.25) is 0 Å². The summed E-state index contributed by atoms with van der Waals surface area (Å²) in [6.45, 7) is 0. The van der Waals surface area contributed by atoms with Crippen molar-refractivity contribution in [1.82, 2.24) is 0 Å². The largest absolute Gasteiger partial charge is 0.308 e. The first-order valence-electron chi connectivity index (χ1n) is 24.5. The predicted octanol–water partition coefficient (Wildman–Crippen LogP) is 20.7. The third kappa shape index (κ3) is 7.14. The Morgan fingerprint density at radius 1 is 0.250 bits per heavy atom. The van der Waals surface area contributed by atoms with Gasteiger partial charge in [-0.2, -0.15) is 0 Å². The molecular weight excluding hydrogens is 909 g/mol. The zero-order chi connectivity index (χ0) is 47.5. The Morgan fingerprint density at radius 2 is 0.750 bits per heavy atom. The van der Waals surface area contributed by atoms with Crippen LogP contribution in [-0.2, 0) is 0 Å². The average Bonchev–Trinajstić information content (AvgIpc) is 4.04. The lowest BCUT2D eigenvalue weighted by Crippen LogP contribution is -2.14. The number of hydrogen-bond donors (Lipinski definition) is 0. The quantitative estimate of drug-likeness (QED) is 0.142. The fraction of sp³-hybridized carbons (Fsp3) is 0. The maximum Gasteiger partial charge on any atom is 0.0640 e. The highest BCUT2D eigenvalue weighted by atomic mass is 32.1. The van der Waals surface area contributed by atoms with Gasteiger partial charge in [0.25, 0.3) is 0 Å². The topological polar surface area (TPSA) is 6.48 Å². The molecule has 338 valence electrons. The van der Waals surface area contributed by atoms with Crippen LogP contribution in [0.25, 0.3) is 95.3 Å². The molecule has 14 rings (SSSR count). The molecule has 4 heteroatoms. The number of benzene rings is 12. The van der Waals surface area contributed by atoms with E-state index in [0.29, 0.717) is 0 Å². The van der Waals surface area contributed by atoms with Gasteiger partial charge in [-0.05, 0) is 111 Å². The zero-order valence-electron chi connectivity index (χ0n) is 39.1. The van der Waals surface area contributed by atoms with Gasteiger partial charge in [-0.1, -0.05) is 200 Å². The molecule has 0 unspecified atom stereocenters. The zero-order valence-corrected chi connectivity index (χ0v) is 40.7. The van der Waals surface area contributed by atoms with Crippen LogP contribution < -0.4 is 9.80 Å². The summed E-state index contributed by atoms with van der Waals surface area (Å²) in [7, 11) is 0. The van der Waals surface area contributed by atoms with E-state index in [1.54, 1.807) is 0 Å². The minimum atomic E-state index is 1.08. The number of thiophene rings is 2. The lowest BCUT2D eigenvalue weighted by atomic mass is 9.97. The van der Waals surface area contributed by atoms with Gasteiger partial charge in [0.1, 0.15) is 0 Å². The molecule has 0 amide bonds. The van der Waals surface area contributed by atoms with Crippen molar-refractivity contribution in [1.29, 1.82) is 0 Å². The summed E-state index contributed by atoms with van der Waals surface area (Å²) < 4.78 is 5.07. The molecule has 72 heavy (non-hydrogen) atoms. The van der Waals surface area contributed by atoms with Crippen molar-refractivity contribution < 1.29 is 0 Å². The molecule has 0 aliphatic carbocycles. The monoisotopic (exact) mass is 952 g/mol. The molecule has 2 heterocycles. The van der Waals surface area contributed by atoms with Crippen LogP contribution in [0.3, 0.4) is 0 Å². The van der Waals surface area contributed by atoms with E-state index in [1.165, 1.54) is 84.1 Å². The summed E-state index contributed by atoms with van der Waals surface area (Å²) in [6.07, 6.45) is 0. The summed E-state index contributed by atoms with van der Waals surface area (Å²) in [4.78, 5) is 5.00. The second-order valence-electron chi connectivity index (χ2n) is 18.4. The van der Waals surface area contributed by atoms with Crippen molar-refractivity contribution in [3.05, 3.63) is 267 Å². The molecule has 0 saturated carbocycles. The first-order valence-corrected chi connectivity index (χ1v) is 26.1. The van der Waals surface area contributed by atoms with Gasteiger partial charge in [-0.25, -0.2) is 0 Å². The highest BCUT2D eigenvalue weighted by molar-refractivity contribution is 7.27. The van der Waals surface area contributed by atoms with E-state index < -0.39 is 0 Å². The van der Waals surface area contributed by atoms with Crippen LogP contribution >= 0.6 is 22.7 Å². The molecule has 0 fully saturated rings. The smallest absolute Gasteiger partial charge is 0.0640 e. The molecule has 0 atom stereocenters. The normalized spacial score (nSPS) is 11.6. The Labute approximate surface area is 426 Å².